The van der Waals surface area contributed by atoms with Crippen molar-refractivity contribution in [3.8, 4) is 0 Å². The van der Waals surface area contributed by atoms with E-state index in [2.05, 4.69) is 0 Å². The van der Waals surface area contributed by atoms with Gasteiger partial charge in [-0.1, -0.05) is 0 Å². The summed E-state index contributed by atoms with van der Waals surface area (Å²) in [6.45, 7) is 0.434. The van der Waals surface area contributed by atoms with Crippen molar-refractivity contribution in [2.75, 3.05) is 6.54 Å². The Morgan fingerprint density at radius 2 is 1.57 bits per heavy atom. The number of nitrogens with two attached hydrogens (primary N) is 4. The molecule has 0 radical (unpaired) electrons. The van der Waals surface area contributed by atoms with Gasteiger partial charge in [-0.25, -0.2) is 0 Å². The third kappa shape index (κ3) is 5.84. The van der Waals surface area contributed by atoms with Crippen molar-refractivity contribution >= 4 is 0 Å². The van der Waals surface area contributed by atoms with Gasteiger partial charge in [0.05, 0.1) is 0 Å². The largest absolute Gasteiger partial charge is 0.330 e. The van der Waals surface area contributed by atoms with Gasteiger partial charge in [-0.05, 0) is 6.54 Å². The van der Waals surface area contributed by atoms with Crippen LogP contribution in [0, 0.1) is 0 Å². The molecule has 0 aromatic carbocycles. The van der Waals surface area contributed by atoms with E-state index in [9.17, 15) is 0 Å². The SMILES string of the molecule is NCCC(N)(N)N. The van der Waals surface area contributed by atoms with Gasteiger partial charge in [0, 0.05) is 6.42 Å². The highest BCUT2D eigenvalue weighted by Crippen LogP contribution is 1.81. The topological polar surface area (TPSA) is 104 Å². The molecule has 0 saturated carbocycles. The first-order valence-electron chi connectivity index (χ1n) is 2.13. The molecule has 0 aliphatic carbocycles. The molecule has 4 heteroatoms. The Morgan fingerprint density at radius 3 is 1.57 bits per heavy atom. The normalized spacial score (nSPS) is 12.0. The van der Waals surface area contributed by atoms with Crippen molar-refractivity contribution < 1.29 is 0 Å². The fourth-order valence-electron chi connectivity index (χ4n) is 0.250. The van der Waals surface area contributed by atoms with Gasteiger partial charge in [0.25, 0.3) is 0 Å². The van der Waals surface area contributed by atoms with Crippen LogP contribution >= 0.6 is 0 Å². The molecule has 8 N–H and O–H groups in total. The smallest absolute Gasteiger partial charge is 0.117 e. The van der Waals surface area contributed by atoms with Crippen molar-refractivity contribution in [2.24, 2.45) is 22.9 Å². The Kier molecular flexibility index (Phi) is 2.17. The summed E-state index contributed by atoms with van der Waals surface area (Å²) in [7, 11) is 0. The number of hydrogen-bond acceptors (Lipinski definition) is 4. The Labute approximate surface area is 42.8 Å². The lowest BCUT2D eigenvalue weighted by Gasteiger charge is -2.15. The van der Waals surface area contributed by atoms with Gasteiger partial charge in [0.2, 0.25) is 0 Å². The Bertz CT molecular complexity index is 45.4. The van der Waals surface area contributed by atoms with Crippen LogP contribution in [-0.2, 0) is 0 Å². The van der Waals surface area contributed by atoms with Gasteiger partial charge < -0.3 is 22.9 Å². The molecule has 0 aromatic heterocycles. The second kappa shape index (κ2) is 2.23. The Hall–Kier alpha value is -0.160. The molecule has 7 heavy (non-hydrogen) atoms. The first-order chi connectivity index (χ1) is 3.06. The van der Waals surface area contributed by atoms with Crippen LogP contribution in [0.1, 0.15) is 6.42 Å². The van der Waals surface area contributed by atoms with E-state index in [1.165, 1.54) is 0 Å². The molecule has 0 bridgehead atoms. The summed E-state index contributed by atoms with van der Waals surface area (Å²) in [6.07, 6.45) is 0.451. The molecule has 0 rings (SSSR count). The maximum atomic E-state index is 5.12. The third-order valence-electron chi connectivity index (χ3n) is 0.577. The maximum absolute atomic E-state index is 5.12. The van der Waals surface area contributed by atoms with Crippen LogP contribution in [0.5, 0.6) is 0 Å². The lowest BCUT2D eigenvalue weighted by molar-refractivity contribution is 0.432. The summed E-state index contributed by atoms with van der Waals surface area (Å²) in [6, 6.07) is 0. The monoisotopic (exact) mass is 104 g/mol. The van der Waals surface area contributed by atoms with Crippen LogP contribution in [0.3, 0.4) is 0 Å². The van der Waals surface area contributed by atoms with E-state index in [-0.39, 0.29) is 0 Å². The number of hydrogen-bond donors (Lipinski definition) is 4. The van der Waals surface area contributed by atoms with Crippen molar-refractivity contribution in [3.63, 3.8) is 0 Å². The zero-order valence-corrected chi connectivity index (χ0v) is 4.22. The standard InChI is InChI=1S/C3H12N4/c4-2-1-3(5,6)7/h1-2,4-7H2. The highest BCUT2D eigenvalue weighted by atomic mass is 15.1. The van der Waals surface area contributed by atoms with Crippen molar-refractivity contribution in [2.45, 2.75) is 12.2 Å². The average Bonchev–Trinajstić information content (AvgIpc) is 1.30. The van der Waals surface area contributed by atoms with E-state index in [1.54, 1.807) is 0 Å². The second-order valence-electron chi connectivity index (χ2n) is 1.65. The third-order valence-corrected chi connectivity index (χ3v) is 0.577. The van der Waals surface area contributed by atoms with E-state index in [0.717, 1.165) is 0 Å². The highest BCUT2D eigenvalue weighted by Gasteiger charge is 2.07. The van der Waals surface area contributed by atoms with Crippen LogP contribution in [0.25, 0.3) is 0 Å². The van der Waals surface area contributed by atoms with Gasteiger partial charge in [0.15, 0.2) is 0 Å². The highest BCUT2D eigenvalue weighted by molar-refractivity contribution is 4.66. The van der Waals surface area contributed by atoms with Gasteiger partial charge in [-0.15, -0.1) is 0 Å². The van der Waals surface area contributed by atoms with E-state index >= 15 is 0 Å². The lowest BCUT2D eigenvalue weighted by Crippen LogP contribution is -2.58. The summed E-state index contributed by atoms with van der Waals surface area (Å²) < 4.78 is 0. The summed E-state index contributed by atoms with van der Waals surface area (Å²) in [5.74, 6) is -1.07. The molecule has 0 heterocycles. The minimum Gasteiger partial charge on any atom is -0.330 e. The van der Waals surface area contributed by atoms with Gasteiger partial charge in [-0.3, -0.25) is 0 Å². The molecule has 0 aromatic rings. The van der Waals surface area contributed by atoms with Crippen LogP contribution in [-0.4, -0.2) is 12.3 Å². The summed E-state index contributed by atoms with van der Waals surface area (Å²) in [5.41, 5.74) is 20.4. The first-order valence-corrected chi connectivity index (χ1v) is 2.13. The molecular weight excluding hydrogens is 92.1 g/mol. The number of rotatable bonds is 2. The maximum Gasteiger partial charge on any atom is 0.117 e. The van der Waals surface area contributed by atoms with E-state index < -0.39 is 5.79 Å². The Morgan fingerprint density at radius 1 is 1.14 bits per heavy atom. The molecule has 0 atom stereocenters. The van der Waals surface area contributed by atoms with Crippen LogP contribution < -0.4 is 22.9 Å². The van der Waals surface area contributed by atoms with Gasteiger partial charge in [0.1, 0.15) is 5.79 Å². The minimum atomic E-state index is -1.07. The first kappa shape index (κ1) is 6.84. The van der Waals surface area contributed by atoms with Gasteiger partial charge in [-0.2, -0.15) is 0 Å². The van der Waals surface area contributed by atoms with E-state index in [0.29, 0.717) is 13.0 Å². The molecule has 0 fully saturated rings. The molecule has 0 aliphatic rings. The second-order valence-corrected chi connectivity index (χ2v) is 1.65. The quantitative estimate of drug-likeness (QED) is 0.300. The molecule has 44 valence electrons. The molecular formula is C3H12N4. The predicted molar refractivity (Wildman–Crippen MR) is 29.0 cm³/mol. The van der Waals surface area contributed by atoms with Crippen LogP contribution in [0.4, 0.5) is 0 Å². The summed E-state index contributed by atoms with van der Waals surface area (Å²) in [4.78, 5) is 0. The van der Waals surface area contributed by atoms with E-state index in [4.69, 9.17) is 22.9 Å². The van der Waals surface area contributed by atoms with Crippen molar-refractivity contribution in [1.82, 2.24) is 0 Å². The summed E-state index contributed by atoms with van der Waals surface area (Å²) >= 11 is 0. The minimum absolute atomic E-state index is 0.434. The molecule has 4 nitrogen and oxygen atoms in total. The molecule has 0 spiro atoms. The molecule has 0 saturated heterocycles. The molecule has 0 aliphatic heterocycles. The van der Waals surface area contributed by atoms with Gasteiger partial charge >= 0.3 is 0 Å². The zero-order valence-electron chi connectivity index (χ0n) is 4.22. The fourth-order valence-corrected chi connectivity index (χ4v) is 0.250. The fraction of sp³-hybridized carbons (Fsp3) is 1.00. The average molecular weight is 104 g/mol. The lowest BCUT2D eigenvalue weighted by atomic mass is 10.3. The predicted octanol–water partition coefficient (Wildman–Crippen LogP) is -2.13. The van der Waals surface area contributed by atoms with Crippen LogP contribution in [0.2, 0.25) is 0 Å². The summed E-state index contributed by atoms with van der Waals surface area (Å²) in [5, 5.41) is 0. The molecule has 0 unspecified atom stereocenters. The van der Waals surface area contributed by atoms with Crippen molar-refractivity contribution in [1.29, 1.82) is 0 Å². The molecule has 0 amide bonds. The van der Waals surface area contributed by atoms with Crippen molar-refractivity contribution in [3.05, 3.63) is 0 Å². The zero-order chi connectivity index (χ0) is 5.91. The Balaban J connectivity index is 3.15. The van der Waals surface area contributed by atoms with Crippen LogP contribution in [0.15, 0.2) is 0 Å². The van der Waals surface area contributed by atoms with E-state index in [1.807, 2.05) is 0 Å².